The van der Waals surface area contributed by atoms with Gasteiger partial charge < -0.3 is 9.47 Å². The van der Waals surface area contributed by atoms with Gasteiger partial charge in [0, 0.05) is 6.42 Å². The molecule has 1 heterocycles. The van der Waals surface area contributed by atoms with Crippen molar-refractivity contribution in [1.29, 1.82) is 0 Å². The molecule has 0 aromatic heterocycles. The van der Waals surface area contributed by atoms with Gasteiger partial charge in [-0.2, -0.15) is 0 Å². The normalized spacial score (nSPS) is 20.2. The van der Waals surface area contributed by atoms with Crippen LogP contribution < -0.4 is 0 Å². The van der Waals surface area contributed by atoms with Crippen molar-refractivity contribution in [2.45, 2.75) is 51.5 Å². The molecule has 26 heavy (non-hydrogen) atoms. The molecule has 0 bridgehead atoms. The molecule has 4 nitrogen and oxygen atoms in total. The predicted molar refractivity (Wildman–Crippen MR) is 102 cm³/mol. The molecule has 1 aliphatic rings. The van der Waals surface area contributed by atoms with Gasteiger partial charge in [0.1, 0.15) is 5.60 Å². The standard InChI is InChI=1S/C22H27NO3/c1-22(2,3)26-21(24)23-15-19(25-16-17-10-6-4-7-11-17)14-20(23)18-12-8-5-9-13-18/h4-13,19-20H,14-16H2,1-3H3. The van der Waals surface area contributed by atoms with Crippen molar-refractivity contribution < 1.29 is 14.3 Å². The molecule has 1 aliphatic heterocycles. The molecule has 2 atom stereocenters. The molecule has 1 saturated heterocycles. The fourth-order valence-electron chi connectivity index (χ4n) is 3.22. The van der Waals surface area contributed by atoms with Gasteiger partial charge in [0.15, 0.2) is 0 Å². The zero-order chi connectivity index (χ0) is 18.6. The van der Waals surface area contributed by atoms with E-state index < -0.39 is 5.60 Å². The van der Waals surface area contributed by atoms with E-state index in [1.807, 2.05) is 57.2 Å². The van der Waals surface area contributed by atoms with Gasteiger partial charge >= 0.3 is 6.09 Å². The molecule has 1 fully saturated rings. The molecule has 3 rings (SSSR count). The van der Waals surface area contributed by atoms with E-state index in [4.69, 9.17) is 9.47 Å². The fourth-order valence-corrected chi connectivity index (χ4v) is 3.22. The highest BCUT2D eigenvalue weighted by molar-refractivity contribution is 5.69. The quantitative estimate of drug-likeness (QED) is 0.780. The second kappa shape index (κ2) is 7.92. The maximum Gasteiger partial charge on any atom is 0.410 e. The molecule has 4 heteroatoms. The summed E-state index contributed by atoms with van der Waals surface area (Å²) in [5.74, 6) is 0. The van der Waals surface area contributed by atoms with E-state index in [-0.39, 0.29) is 18.2 Å². The summed E-state index contributed by atoms with van der Waals surface area (Å²) in [7, 11) is 0. The van der Waals surface area contributed by atoms with Gasteiger partial charge in [-0.05, 0) is 31.9 Å². The smallest absolute Gasteiger partial charge is 0.410 e. The van der Waals surface area contributed by atoms with E-state index in [1.54, 1.807) is 4.90 Å². The summed E-state index contributed by atoms with van der Waals surface area (Å²) in [6.07, 6.45) is 0.487. The predicted octanol–water partition coefficient (Wildman–Crippen LogP) is 4.95. The minimum Gasteiger partial charge on any atom is -0.444 e. The van der Waals surface area contributed by atoms with Crippen LogP contribution in [-0.4, -0.2) is 29.2 Å². The summed E-state index contributed by atoms with van der Waals surface area (Å²) in [5, 5.41) is 0. The molecule has 0 saturated carbocycles. The number of amides is 1. The van der Waals surface area contributed by atoms with Gasteiger partial charge in [-0.3, -0.25) is 4.90 Å². The van der Waals surface area contributed by atoms with E-state index in [0.717, 1.165) is 17.5 Å². The fraction of sp³-hybridized carbons (Fsp3) is 0.409. The Kier molecular flexibility index (Phi) is 5.62. The van der Waals surface area contributed by atoms with Crippen LogP contribution in [0.3, 0.4) is 0 Å². The Morgan fingerprint density at radius 3 is 2.27 bits per heavy atom. The Hall–Kier alpha value is -2.33. The molecule has 1 amide bonds. The highest BCUT2D eigenvalue weighted by Gasteiger charge is 2.38. The summed E-state index contributed by atoms with van der Waals surface area (Å²) in [4.78, 5) is 14.5. The summed E-state index contributed by atoms with van der Waals surface area (Å²) in [6, 6.07) is 20.2. The van der Waals surface area contributed by atoms with Gasteiger partial charge in [-0.15, -0.1) is 0 Å². The molecule has 138 valence electrons. The number of carbonyl (C=O) groups is 1. The van der Waals surface area contributed by atoms with Crippen LogP contribution in [0.1, 0.15) is 44.4 Å². The molecule has 2 aromatic carbocycles. The highest BCUT2D eigenvalue weighted by atomic mass is 16.6. The largest absolute Gasteiger partial charge is 0.444 e. The van der Waals surface area contributed by atoms with Gasteiger partial charge in [0.05, 0.1) is 25.3 Å². The summed E-state index contributed by atoms with van der Waals surface area (Å²) < 4.78 is 11.7. The van der Waals surface area contributed by atoms with Crippen LogP contribution in [0.2, 0.25) is 0 Å². The molecule has 0 aliphatic carbocycles. The van der Waals surface area contributed by atoms with Crippen molar-refractivity contribution in [3.8, 4) is 0 Å². The number of rotatable bonds is 4. The molecular weight excluding hydrogens is 326 g/mol. The van der Waals surface area contributed by atoms with Crippen molar-refractivity contribution >= 4 is 6.09 Å². The Labute approximate surface area is 155 Å². The SMILES string of the molecule is CC(C)(C)OC(=O)N1CC(OCc2ccccc2)CC1c1ccccc1. The monoisotopic (exact) mass is 353 g/mol. The van der Waals surface area contributed by atoms with E-state index in [2.05, 4.69) is 24.3 Å². The van der Waals surface area contributed by atoms with Gasteiger partial charge in [0.2, 0.25) is 0 Å². The number of nitrogens with zero attached hydrogens (tertiary/aromatic N) is 1. The Morgan fingerprint density at radius 2 is 1.65 bits per heavy atom. The zero-order valence-corrected chi connectivity index (χ0v) is 15.7. The van der Waals surface area contributed by atoms with Crippen LogP contribution in [0.4, 0.5) is 4.79 Å². The van der Waals surface area contributed by atoms with Gasteiger partial charge in [0.25, 0.3) is 0 Å². The Morgan fingerprint density at radius 1 is 1.04 bits per heavy atom. The first-order valence-corrected chi connectivity index (χ1v) is 9.12. The van der Waals surface area contributed by atoms with Crippen LogP contribution in [0, 0.1) is 0 Å². The van der Waals surface area contributed by atoms with Crippen molar-refractivity contribution in [2.75, 3.05) is 6.54 Å². The average molecular weight is 353 g/mol. The first-order valence-electron chi connectivity index (χ1n) is 9.12. The topological polar surface area (TPSA) is 38.8 Å². The van der Waals surface area contributed by atoms with Crippen LogP contribution in [0.5, 0.6) is 0 Å². The number of ether oxygens (including phenoxy) is 2. The third-order valence-electron chi connectivity index (χ3n) is 4.40. The molecule has 0 N–H and O–H groups in total. The minimum atomic E-state index is -0.513. The maximum atomic E-state index is 12.7. The van der Waals surface area contributed by atoms with Crippen molar-refractivity contribution in [2.24, 2.45) is 0 Å². The lowest BCUT2D eigenvalue weighted by atomic mass is 10.0. The third kappa shape index (κ3) is 4.85. The molecule has 0 spiro atoms. The lowest BCUT2D eigenvalue weighted by molar-refractivity contribution is 0.0148. The van der Waals surface area contributed by atoms with E-state index in [9.17, 15) is 4.79 Å². The van der Waals surface area contributed by atoms with E-state index in [1.165, 1.54) is 0 Å². The second-order valence-corrected chi connectivity index (χ2v) is 7.71. The minimum absolute atomic E-state index is 0.00655. The maximum absolute atomic E-state index is 12.7. The first-order chi connectivity index (χ1) is 12.4. The van der Waals surface area contributed by atoms with Crippen LogP contribution in [0.25, 0.3) is 0 Å². The summed E-state index contributed by atoms with van der Waals surface area (Å²) in [6.45, 7) is 6.77. The number of hydrogen-bond acceptors (Lipinski definition) is 3. The number of likely N-dealkylation sites (tertiary alicyclic amines) is 1. The average Bonchev–Trinajstić information content (AvgIpc) is 3.05. The third-order valence-corrected chi connectivity index (χ3v) is 4.40. The molecule has 0 radical (unpaired) electrons. The van der Waals surface area contributed by atoms with E-state index in [0.29, 0.717) is 13.2 Å². The van der Waals surface area contributed by atoms with Crippen LogP contribution >= 0.6 is 0 Å². The zero-order valence-electron chi connectivity index (χ0n) is 15.7. The Bertz CT molecular complexity index is 709. The van der Waals surface area contributed by atoms with Crippen molar-refractivity contribution in [3.63, 3.8) is 0 Å². The summed E-state index contributed by atoms with van der Waals surface area (Å²) in [5.41, 5.74) is 1.74. The van der Waals surface area contributed by atoms with Crippen LogP contribution in [0.15, 0.2) is 60.7 Å². The molecule has 2 aromatic rings. The number of benzene rings is 2. The van der Waals surface area contributed by atoms with Gasteiger partial charge in [-0.1, -0.05) is 60.7 Å². The lowest BCUT2D eigenvalue weighted by Gasteiger charge is -2.28. The van der Waals surface area contributed by atoms with Crippen molar-refractivity contribution in [1.82, 2.24) is 4.90 Å². The van der Waals surface area contributed by atoms with E-state index >= 15 is 0 Å². The second-order valence-electron chi connectivity index (χ2n) is 7.71. The number of carbonyl (C=O) groups excluding carboxylic acids is 1. The Balaban J connectivity index is 1.71. The van der Waals surface area contributed by atoms with Gasteiger partial charge in [-0.25, -0.2) is 4.79 Å². The van der Waals surface area contributed by atoms with Crippen LogP contribution in [-0.2, 0) is 16.1 Å². The highest BCUT2D eigenvalue weighted by Crippen LogP contribution is 2.35. The lowest BCUT2D eigenvalue weighted by Crippen LogP contribution is -2.37. The molecule has 2 unspecified atom stereocenters. The number of hydrogen-bond donors (Lipinski definition) is 0. The summed E-state index contributed by atoms with van der Waals surface area (Å²) >= 11 is 0. The first kappa shape index (κ1) is 18.5. The van der Waals surface area contributed by atoms with Crippen molar-refractivity contribution in [3.05, 3.63) is 71.8 Å². The molecular formula is C22H27NO3.